The zero-order chi connectivity index (χ0) is 17.1. The summed E-state index contributed by atoms with van der Waals surface area (Å²) in [6, 6.07) is 9.28. The van der Waals surface area contributed by atoms with Crippen LogP contribution >= 0.6 is 11.3 Å². The number of benzene rings is 1. The maximum atomic E-state index is 12.5. The zero-order valence-electron chi connectivity index (χ0n) is 13.5. The molecule has 2 heterocycles. The fraction of sp³-hybridized carbons (Fsp3) is 0.235. The van der Waals surface area contributed by atoms with E-state index in [-0.39, 0.29) is 17.9 Å². The number of H-pyrrole nitrogens is 1. The molecule has 6 nitrogen and oxygen atoms in total. The van der Waals surface area contributed by atoms with Gasteiger partial charge in [0.1, 0.15) is 0 Å². The first kappa shape index (κ1) is 16.2. The molecule has 0 fully saturated rings. The summed E-state index contributed by atoms with van der Waals surface area (Å²) in [5.41, 5.74) is 2.86. The van der Waals surface area contributed by atoms with E-state index in [9.17, 15) is 9.59 Å². The lowest BCUT2D eigenvalue weighted by Gasteiger charge is -2.04. The summed E-state index contributed by atoms with van der Waals surface area (Å²) in [6.45, 7) is 3.72. The van der Waals surface area contributed by atoms with Gasteiger partial charge >= 0.3 is 0 Å². The maximum absolute atomic E-state index is 12.5. The number of nitrogens with one attached hydrogen (secondary N) is 2. The van der Waals surface area contributed by atoms with Crippen LogP contribution in [0.4, 0.5) is 5.69 Å². The fourth-order valence-corrected chi connectivity index (χ4v) is 3.20. The van der Waals surface area contributed by atoms with Crippen molar-refractivity contribution in [3.63, 3.8) is 0 Å². The Morgan fingerprint density at radius 2 is 2.04 bits per heavy atom. The summed E-state index contributed by atoms with van der Waals surface area (Å²) in [5.74, 6) is -0.113. The zero-order valence-corrected chi connectivity index (χ0v) is 14.3. The highest BCUT2D eigenvalue weighted by Gasteiger charge is 2.15. The monoisotopic (exact) mass is 342 g/mol. The molecule has 1 aromatic carbocycles. The molecular weight excluding hydrogens is 324 g/mol. The lowest BCUT2D eigenvalue weighted by molar-refractivity contribution is -0.116. The molecule has 0 saturated heterocycles. The van der Waals surface area contributed by atoms with E-state index in [1.807, 2.05) is 49.6 Å². The molecule has 0 aliphatic rings. The van der Waals surface area contributed by atoms with Crippen LogP contribution in [-0.2, 0) is 11.2 Å². The van der Waals surface area contributed by atoms with Crippen molar-refractivity contribution in [2.45, 2.75) is 26.7 Å². The third-order valence-electron chi connectivity index (χ3n) is 3.65. The highest BCUT2D eigenvalue weighted by Crippen LogP contribution is 2.14. The summed E-state index contributed by atoms with van der Waals surface area (Å²) >= 11 is 1.41. The number of thiazole rings is 1. The van der Waals surface area contributed by atoms with Gasteiger partial charge in [0, 0.05) is 28.7 Å². The van der Waals surface area contributed by atoms with Gasteiger partial charge in [-0.25, -0.2) is 4.98 Å². The number of aromatic nitrogens is 3. The Kier molecular flexibility index (Phi) is 4.61. The van der Waals surface area contributed by atoms with Crippen LogP contribution < -0.4 is 10.9 Å². The SMILES string of the molecule is Cc1csc(-n2[nH]c(C)c(CCC(=O)Nc3ccccc3)c2=O)n1. The smallest absolute Gasteiger partial charge is 0.276 e. The molecule has 0 aliphatic carbocycles. The van der Waals surface area contributed by atoms with Crippen molar-refractivity contribution in [1.29, 1.82) is 0 Å². The predicted molar refractivity (Wildman–Crippen MR) is 94.9 cm³/mol. The van der Waals surface area contributed by atoms with E-state index in [2.05, 4.69) is 15.4 Å². The van der Waals surface area contributed by atoms with E-state index in [1.54, 1.807) is 0 Å². The van der Waals surface area contributed by atoms with Crippen LogP contribution in [0.3, 0.4) is 0 Å². The molecule has 0 saturated carbocycles. The second kappa shape index (κ2) is 6.84. The van der Waals surface area contributed by atoms with Crippen LogP contribution in [-0.4, -0.2) is 20.7 Å². The number of aryl methyl sites for hydroxylation is 2. The van der Waals surface area contributed by atoms with Gasteiger partial charge in [0.05, 0.1) is 5.69 Å². The molecule has 0 atom stereocenters. The quantitative estimate of drug-likeness (QED) is 0.748. The summed E-state index contributed by atoms with van der Waals surface area (Å²) in [5, 5.41) is 8.37. The molecule has 0 spiro atoms. The van der Waals surface area contributed by atoms with Gasteiger partial charge in [-0.3, -0.25) is 14.7 Å². The maximum Gasteiger partial charge on any atom is 0.276 e. The van der Waals surface area contributed by atoms with E-state index < -0.39 is 0 Å². The average Bonchev–Trinajstić information content (AvgIpc) is 3.10. The molecule has 2 N–H and O–H groups in total. The summed E-state index contributed by atoms with van der Waals surface area (Å²) in [6.07, 6.45) is 0.636. The number of hydrogen-bond donors (Lipinski definition) is 2. The number of hydrogen-bond acceptors (Lipinski definition) is 4. The van der Waals surface area contributed by atoms with Gasteiger partial charge in [0.15, 0.2) is 0 Å². The number of amides is 1. The number of carbonyl (C=O) groups is 1. The third kappa shape index (κ3) is 3.46. The van der Waals surface area contributed by atoms with Gasteiger partial charge in [-0.1, -0.05) is 18.2 Å². The van der Waals surface area contributed by atoms with Crippen molar-refractivity contribution in [3.8, 4) is 5.13 Å². The summed E-state index contributed by atoms with van der Waals surface area (Å²) in [4.78, 5) is 28.9. The van der Waals surface area contributed by atoms with E-state index in [0.29, 0.717) is 17.1 Å². The van der Waals surface area contributed by atoms with E-state index >= 15 is 0 Å². The first-order chi connectivity index (χ1) is 11.5. The normalized spacial score (nSPS) is 10.8. The molecular formula is C17H18N4O2S. The number of carbonyl (C=O) groups excluding carboxylic acids is 1. The Bertz CT molecular complexity index is 908. The Labute approximate surface area is 143 Å². The average molecular weight is 342 g/mol. The molecule has 0 aliphatic heterocycles. The molecule has 3 rings (SSSR count). The standard InChI is InChI=1S/C17H18N4O2S/c1-11-10-24-17(18-11)21-16(23)14(12(2)20-21)8-9-15(22)19-13-6-4-3-5-7-13/h3-7,10,20H,8-9H2,1-2H3,(H,19,22). The third-order valence-corrected chi connectivity index (χ3v) is 4.59. The Morgan fingerprint density at radius 3 is 2.71 bits per heavy atom. The number of anilines is 1. The van der Waals surface area contributed by atoms with Gasteiger partial charge < -0.3 is 5.32 Å². The summed E-state index contributed by atoms with van der Waals surface area (Å²) < 4.78 is 1.44. The first-order valence-electron chi connectivity index (χ1n) is 7.62. The van der Waals surface area contributed by atoms with Crippen LogP contribution in [0.1, 0.15) is 23.4 Å². The highest BCUT2D eigenvalue weighted by molar-refractivity contribution is 7.12. The number of nitrogens with zero attached hydrogens (tertiary/aromatic N) is 2. The lowest BCUT2D eigenvalue weighted by Crippen LogP contribution is -2.19. The topological polar surface area (TPSA) is 79.8 Å². The minimum atomic E-state index is -0.144. The highest BCUT2D eigenvalue weighted by atomic mass is 32.1. The van der Waals surface area contributed by atoms with E-state index in [4.69, 9.17) is 0 Å². The Morgan fingerprint density at radius 1 is 1.29 bits per heavy atom. The molecule has 0 radical (unpaired) electrons. The molecule has 124 valence electrons. The molecule has 0 bridgehead atoms. The van der Waals surface area contributed by atoms with Gasteiger partial charge in [-0.2, -0.15) is 4.68 Å². The molecule has 0 unspecified atom stereocenters. The van der Waals surface area contributed by atoms with Crippen molar-refractivity contribution in [1.82, 2.24) is 14.8 Å². The molecule has 24 heavy (non-hydrogen) atoms. The van der Waals surface area contributed by atoms with Gasteiger partial charge in [0.25, 0.3) is 5.56 Å². The second-order valence-electron chi connectivity index (χ2n) is 5.54. The Balaban J connectivity index is 1.71. The molecule has 3 aromatic rings. The van der Waals surface area contributed by atoms with Crippen molar-refractivity contribution in [3.05, 3.63) is 63.0 Å². The lowest BCUT2D eigenvalue weighted by atomic mass is 10.1. The van der Waals surface area contributed by atoms with Gasteiger partial charge in [0.2, 0.25) is 11.0 Å². The van der Waals surface area contributed by atoms with Gasteiger partial charge in [-0.15, -0.1) is 11.3 Å². The molecule has 1 amide bonds. The largest absolute Gasteiger partial charge is 0.326 e. The predicted octanol–water partition coefficient (Wildman–Crippen LogP) is 2.81. The second-order valence-corrected chi connectivity index (χ2v) is 6.38. The van der Waals surface area contributed by atoms with Crippen molar-refractivity contribution in [2.75, 3.05) is 5.32 Å². The van der Waals surface area contributed by atoms with Crippen molar-refractivity contribution in [2.24, 2.45) is 0 Å². The first-order valence-corrected chi connectivity index (χ1v) is 8.50. The van der Waals surface area contributed by atoms with Gasteiger partial charge in [-0.05, 0) is 32.4 Å². The minimum Gasteiger partial charge on any atom is -0.326 e. The van der Waals surface area contributed by atoms with Crippen LogP contribution in [0.25, 0.3) is 5.13 Å². The van der Waals surface area contributed by atoms with E-state index in [0.717, 1.165) is 17.1 Å². The minimum absolute atomic E-state index is 0.113. The Hall–Kier alpha value is -2.67. The van der Waals surface area contributed by atoms with Crippen LogP contribution in [0.2, 0.25) is 0 Å². The number of para-hydroxylation sites is 1. The molecule has 2 aromatic heterocycles. The van der Waals surface area contributed by atoms with Crippen molar-refractivity contribution < 1.29 is 4.79 Å². The number of rotatable bonds is 5. The fourth-order valence-electron chi connectivity index (χ4n) is 2.44. The molecule has 7 heteroatoms. The van der Waals surface area contributed by atoms with Crippen molar-refractivity contribution >= 4 is 22.9 Å². The number of aromatic amines is 1. The summed E-state index contributed by atoms with van der Waals surface area (Å²) in [7, 11) is 0. The van der Waals surface area contributed by atoms with E-state index in [1.165, 1.54) is 16.0 Å². The van der Waals surface area contributed by atoms with Crippen LogP contribution in [0.15, 0.2) is 40.5 Å². The van der Waals surface area contributed by atoms with Crippen LogP contribution in [0, 0.1) is 13.8 Å². The van der Waals surface area contributed by atoms with Crippen LogP contribution in [0.5, 0.6) is 0 Å².